The average molecular weight is 326 g/mol. The molecule has 0 saturated carbocycles. The molecule has 0 amide bonds. The van der Waals surface area contributed by atoms with E-state index in [9.17, 15) is 4.39 Å². The summed E-state index contributed by atoms with van der Waals surface area (Å²) in [5.74, 6) is -0.270. The highest BCUT2D eigenvalue weighted by Crippen LogP contribution is 2.25. The lowest BCUT2D eigenvalue weighted by molar-refractivity contribution is 0.608. The van der Waals surface area contributed by atoms with Gasteiger partial charge in [0.1, 0.15) is 5.82 Å². The highest BCUT2D eigenvalue weighted by molar-refractivity contribution is 9.10. The first-order valence-corrected chi connectivity index (χ1v) is 7.03. The summed E-state index contributed by atoms with van der Waals surface area (Å²) in [7, 11) is 1.90. The lowest BCUT2D eigenvalue weighted by Crippen LogP contribution is -2.16. The van der Waals surface area contributed by atoms with Crippen molar-refractivity contribution < 1.29 is 4.39 Å². The van der Waals surface area contributed by atoms with Crippen LogP contribution in [0.4, 0.5) is 4.39 Å². The summed E-state index contributed by atoms with van der Waals surface area (Å²) in [5, 5.41) is 4.39. The lowest BCUT2D eigenvalue weighted by Gasteiger charge is -2.14. The molecule has 1 unspecified atom stereocenters. The van der Waals surface area contributed by atoms with Crippen LogP contribution in [0.5, 0.6) is 0 Å². The average Bonchev–Trinajstić information content (AvgIpc) is 2.73. The van der Waals surface area contributed by atoms with Crippen LogP contribution in [-0.4, -0.2) is 9.78 Å². The number of benzene rings is 1. The zero-order valence-corrected chi connectivity index (χ0v) is 12.6. The summed E-state index contributed by atoms with van der Waals surface area (Å²) in [6, 6.07) is 6.37. The molecular weight excluding hydrogens is 309 g/mol. The maximum atomic E-state index is 13.3. The Morgan fingerprint density at radius 1 is 1.42 bits per heavy atom. The molecule has 0 aliphatic rings. The van der Waals surface area contributed by atoms with Crippen LogP contribution in [0.2, 0.25) is 0 Å². The zero-order valence-electron chi connectivity index (χ0n) is 11.0. The van der Waals surface area contributed by atoms with E-state index in [1.54, 1.807) is 6.07 Å². The summed E-state index contributed by atoms with van der Waals surface area (Å²) in [6.07, 6.45) is 1.53. The number of rotatable bonds is 4. The third-order valence-corrected chi connectivity index (χ3v) is 3.90. The van der Waals surface area contributed by atoms with E-state index in [1.807, 2.05) is 17.8 Å². The molecule has 3 nitrogen and oxygen atoms in total. The Balaban J connectivity index is 2.22. The summed E-state index contributed by atoms with van der Waals surface area (Å²) in [6.45, 7) is 2.06. The molecule has 1 aromatic heterocycles. The van der Waals surface area contributed by atoms with Crippen molar-refractivity contribution in [3.05, 3.63) is 51.5 Å². The van der Waals surface area contributed by atoms with Gasteiger partial charge in [0.15, 0.2) is 0 Å². The molecule has 102 valence electrons. The summed E-state index contributed by atoms with van der Waals surface area (Å²) in [4.78, 5) is 0. The molecule has 1 aromatic carbocycles. The fourth-order valence-corrected chi connectivity index (χ4v) is 2.61. The Labute approximate surface area is 120 Å². The van der Waals surface area contributed by atoms with E-state index in [0.29, 0.717) is 6.42 Å². The van der Waals surface area contributed by atoms with Crippen molar-refractivity contribution in [2.45, 2.75) is 25.8 Å². The van der Waals surface area contributed by atoms with Crippen molar-refractivity contribution in [2.75, 3.05) is 0 Å². The van der Waals surface area contributed by atoms with E-state index in [4.69, 9.17) is 5.73 Å². The van der Waals surface area contributed by atoms with Gasteiger partial charge in [-0.05, 0) is 36.2 Å². The predicted molar refractivity (Wildman–Crippen MR) is 77.3 cm³/mol. The zero-order chi connectivity index (χ0) is 14.0. The molecule has 5 heteroatoms. The number of hydrogen-bond acceptors (Lipinski definition) is 2. The van der Waals surface area contributed by atoms with Gasteiger partial charge in [0.25, 0.3) is 0 Å². The van der Waals surface area contributed by atoms with Crippen molar-refractivity contribution in [2.24, 2.45) is 12.8 Å². The van der Waals surface area contributed by atoms with Gasteiger partial charge >= 0.3 is 0 Å². The molecule has 19 heavy (non-hydrogen) atoms. The second kappa shape index (κ2) is 5.84. The Morgan fingerprint density at radius 3 is 2.79 bits per heavy atom. The smallest absolute Gasteiger partial charge is 0.123 e. The van der Waals surface area contributed by atoms with E-state index >= 15 is 0 Å². The summed E-state index contributed by atoms with van der Waals surface area (Å²) in [5.41, 5.74) is 9.06. The molecule has 0 spiro atoms. The summed E-state index contributed by atoms with van der Waals surface area (Å²) >= 11 is 3.41. The molecule has 0 saturated heterocycles. The standard InChI is InChI=1S/C14H17BrFN3/c1-3-10-7-11(19(2)18-10)8-14(17)12-6-9(16)4-5-13(12)15/h4-7,14H,3,8,17H2,1-2H3. The predicted octanol–water partition coefficient (Wildman–Crippen LogP) is 3.13. The largest absolute Gasteiger partial charge is 0.324 e. The SMILES string of the molecule is CCc1cc(CC(N)c2cc(F)ccc2Br)n(C)n1. The Morgan fingerprint density at radius 2 is 2.16 bits per heavy atom. The minimum atomic E-state index is -0.270. The Kier molecular flexibility index (Phi) is 4.37. The third kappa shape index (κ3) is 3.22. The van der Waals surface area contributed by atoms with Crippen LogP contribution < -0.4 is 5.73 Å². The monoisotopic (exact) mass is 325 g/mol. The second-order valence-corrected chi connectivity index (χ2v) is 5.43. The first kappa shape index (κ1) is 14.2. The number of nitrogens with zero attached hydrogens (tertiary/aromatic N) is 2. The molecule has 0 fully saturated rings. The number of nitrogens with two attached hydrogens (primary N) is 1. The van der Waals surface area contributed by atoms with Gasteiger partial charge in [-0.15, -0.1) is 0 Å². The second-order valence-electron chi connectivity index (χ2n) is 4.58. The van der Waals surface area contributed by atoms with Gasteiger partial charge in [0, 0.05) is 29.7 Å². The van der Waals surface area contributed by atoms with Crippen molar-refractivity contribution >= 4 is 15.9 Å². The molecule has 2 aromatic rings. The number of hydrogen-bond donors (Lipinski definition) is 1. The lowest BCUT2D eigenvalue weighted by atomic mass is 10.0. The van der Waals surface area contributed by atoms with E-state index in [2.05, 4.69) is 28.0 Å². The minimum Gasteiger partial charge on any atom is -0.324 e. The quantitative estimate of drug-likeness (QED) is 0.938. The normalized spacial score (nSPS) is 12.7. The molecule has 2 rings (SSSR count). The van der Waals surface area contributed by atoms with Crippen molar-refractivity contribution in [3.8, 4) is 0 Å². The summed E-state index contributed by atoms with van der Waals surface area (Å²) < 4.78 is 16.0. The van der Waals surface area contributed by atoms with Gasteiger partial charge in [-0.25, -0.2) is 4.39 Å². The van der Waals surface area contributed by atoms with Gasteiger partial charge in [-0.1, -0.05) is 22.9 Å². The van der Waals surface area contributed by atoms with Crippen LogP contribution in [0.1, 0.15) is 29.9 Å². The van der Waals surface area contributed by atoms with Crippen LogP contribution in [0.15, 0.2) is 28.7 Å². The van der Waals surface area contributed by atoms with Crippen LogP contribution in [-0.2, 0) is 19.9 Å². The van der Waals surface area contributed by atoms with E-state index in [-0.39, 0.29) is 11.9 Å². The van der Waals surface area contributed by atoms with Gasteiger partial charge in [-0.2, -0.15) is 5.10 Å². The van der Waals surface area contributed by atoms with Crippen LogP contribution in [0, 0.1) is 5.82 Å². The fraction of sp³-hybridized carbons (Fsp3) is 0.357. The van der Waals surface area contributed by atoms with Crippen LogP contribution in [0.3, 0.4) is 0 Å². The van der Waals surface area contributed by atoms with Crippen LogP contribution >= 0.6 is 15.9 Å². The topological polar surface area (TPSA) is 43.8 Å². The molecule has 0 radical (unpaired) electrons. The van der Waals surface area contributed by atoms with Crippen molar-refractivity contribution in [1.29, 1.82) is 0 Å². The van der Waals surface area contributed by atoms with Crippen LogP contribution in [0.25, 0.3) is 0 Å². The molecule has 1 heterocycles. The first-order valence-electron chi connectivity index (χ1n) is 6.23. The Bertz CT molecular complexity index is 580. The van der Waals surface area contributed by atoms with Gasteiger partial charge in [0.05, 0.1) is 5.69 Å². The van der Waals surface area contributed by atoms with Crippen molar-refractivity contribution in [1.82, 2.24) is 9.78 Å². The number of aryl methyl sites for hydroxylation is 2. The molecular formula is C14H17BrFN3. The molecule has 0 aliphatic heterocycles. The maximum Gasteiger partial charge on any atom is 0.123 e. The Hall–Kier alpha value is -1.20. The van der Waals surface area contributed by atoms with E-state index < -0.39 is 0 Å². The number of halogens is 2. The molecule has 0 bridgehead atoms. The first-order chi connectivity index (χ1) is 9.01. The highest BCUT2D eigenvalue weighted by Gasteiger charge is 2.14. The van der Waals surface area contributed by atoms with Gasteiger partial charge in [0.2, 0.25) is 0 Å². The fourth-order valence-electron chi connectivity index (χ4n) is 2.07. The third-order valence-electron chi connectivity index (χ3n) is 3.18. The number of aromatic nitrogens is 2. The molecule has 2 N–H and O–H groups in total. The maximum absolute atomic E-state index is 13.3. The van der Waals surface area contributed by atoms with E-state index in [0.717, 1.165) is 27.8 Å². The van der Waals surface area contributed by atoms with Gasteiger partial charge < -0.3 is 5.73 Å². The molecule has 0 aliphatic carbocycles. The minimum absolute atomic E-state index is 0.259. The van der Waals surface area contributed by atoms with Gasteiger partial charge in [-0.3, -0.25) is 4.68 Å². The molecule has 1 atom stereocenters. The van der Waals surface area contributed by atoms with E-state index in [1.165, 1.54) is 12.1 Å². The van der Waals surface area contributed by atoms with Crippen molar-refractivity contribution in [3.63, 3.8) is 0 Å². The highest BCUT2D eigenvalue weighted by atomic mass is 79.9.